The molecule has 1 fully saturated rings. The minimum atomic E-state index is -0.683. The van der Waals surface area contributed by atoms with Crippen LogP contribution in [0.4, 0.5) is 16.0 Å². The van der Waals surface area contributed by atoms with Crippen molar-refractivity contribution in [1.82, 2.24) is 9.55 Å². The Morgan fingerprint density at radius 3 is 2.52 bits per heavy atom. The van der Waals surface area contributed by atoms with Crippen molar-refractivity contribution in [2.24, 2.45) is 0 Å². The van der Waals surface area contributed by atoms with Crippen LogP contribution in [-0.2, 0) is 9.59 Å². The Bertz CT molecular complexity index is 1130. The lowest BCUT2D eigenvalue weighted by Crippen LogP contribution is -2.39. The molecule has 2 aliphatic rings. The molecule has 1 atom stereocenters. The van der Waals surface area contributed by atoms with Crippen LogP contribution >= 0.6 is 0 Å². The maximum absolute atomic E-state index is 14.0. The number of fused-ring (bicyclic) bond motifs is 3. The second-order valence-electron chi connectivity index (χ2n) is 8.37. The number of anilines is 2. The molecule has 0 saturated heterocycles. The smallest absolute Gasteiger partial charge is 0.253 e. The highest BCUT2D eigenvalue weighted by Crippen LogP contribution is 2.40. The van der Waals surface area contributed by atoms with E-state index < -0.39 is 17.8 Å². The third-order valence-corrected chi connectivity index (χ3v) is 6.34. The summed E-state index contributed by atoms with van der Waals surface area (Å²) < 4.78 is 15.9. The molecule has 2 heterocycles. The Kier molecular flexibility index (Phi) is 5.18. The molecule has 6 nitrogen and oxygen atoms in total. The number of hydrogen-bond acceptors (Lipinski definition) is 3. The van der Waals surface area contributed by atoms with E-state index in [1.165, 1.54) is 25.0 Å². The summed E-state index contributed by atoms with van der Waals surface area (Å²) in [6, 6.07) is 13.1. The zero-order valence-electron chi connectivity index (χ0n) is 17.3. The first-order chi connectivity index (χ1) is 15.1. The van der Waals surface area contributed by atoms with Crippen LogP contribution in [-0.4, -0.2) is 27.4 Å². The lowest BCUT2D eigenvalue weighted by molar-refractivity contribution is -0.125. The van der Waals surface area contributed by atoms with E-state index in [1.807, 2.05) is 33.7 Å². The van der Waals surface area contributed by atoms with Crippen LogP contribution in [0.5, 0.6) is 0 Å². The number of amides is 2. The van der Waals surface area contributed by atoms with E-state index >= 15 is 0 Å². The summed E-state index contributed by atoms with van der Waals surface area (Å²) in [4.78, 5) is 32.9. The van der Waals surface area contributed by atoms with Gasteiger partial charge >= 0.3 is 0 Å². The van der Waals surface area contributed by atoms with Crippen LogP contribution in [0.3, 0.4) is 0 Å². The second-order valence-corrected chi connectivity index (χ2v) is 8.37. The predicted molar refractivity (Wildman–Crippen MR) is 117 cm³/mol. The number of carbonyl (C=O) groups excluding carboxylic acids is 2. The molecule has 0 radical (unpaired) electrons. The van der Waals surface area contributed by atoms with Crippen molar-refractivity contribution in [2.45, 2.75) is 57.0 Å². The fraction of sp³-hybridized carbons (Fsp3) is 0.375. The number of hydrogen-bond donors (Lipinski definition) is 1. The van der Waals surface area contributed by atoms with Gasteiger partial charge in [-0.05, 0) is 37.1 Å². The van der Waals surface area contributed by atoms with E-state index in [0.717, 1.165) is 36.7 Å². The first-order valence-electron chi connectivity index (χ1n) is 11.0. The van der Waals surface area contributed by atoms with E-state index in [-0.39, 0.29) is 24.1 Å². The number of carbonyl (C=O) groups is 2. The zero-order chi connectivity index (χ0) is 21.4. The van der Waals surface area contributed by atoms with Crippen molar-refractivity contribution in [3.63, 3.8) is 0 Å². The maximum atomic E-state index is 14.0. The molecule has 5 rings (SSSR count). The number of para-hydroxylation sites is 3. The number of halogens is 1. The van der Waals surface area contributed by atoms with E-state index in [9.17, 15) is 14.0 Å². The Hall–Kier alpha value is -3.22. The summed E-state index contributed by atoms with van der Waals surface area (Å²) >= 11 is 0. The summed E-state index contributed by atoms with van der Waals surface area (Å²) in [6.45, 7) is 0. The molecule has 1 aromatic heterocycles. The van der Waals surface area contributed by atoms with Crippen LogP contribution < -0.4 is 10.2 Å². The molecule has 7 heteroatoms. The molecule has 2 aromatic carbocycles. The number of nitrogens with zero attached hydrogens (tertiary/aromatic N) is 3. The molecule has 0 bridgehead atoms. The Balaban J connectivity index is 1.48. The quantitative estimate of drug-likeness (QED) is 0.616. The van der Waals surface area contributed by atoms with E-state index in [0.29, 0.717) is 5.95 Å². The molecular formula is C24H25FN4O2. The van der Waals surface area contributed by atoms with E-state index in [1.54, 1.807) is 12.1 Å². The Morgan fingerprint density at radius 1 is 1.03 bits per heavy atom. The lowest BCUT2D eigenvalue weighted by atomic mass is 10.1. The van der Waals surface area contributed by atoms with Crippen molar-refractivity contribution in [3.05, 3.63) is 54.3 Å². The van der Waals surface area contributed by atoms with Crippen molar-refractivity contribution >= 4 is 34.5 Å². The normalized spacial score (nSPS) is 19.5. The van der Waals surface area contributed by atoms with E-state index in [4.69, 9.17) is 4.98 Å². The fourth-order valence-electron chi connectivity index (χ4n) is 4.86. The molecular weight excluding hydrogens is 395 g/mol. The van der Waals surface area contributed by atoms with Crippen molar-refractivity contribution < 1.29 is 14.0 Å². The van der Waals surface area contributed by atoms with Crippen LogP contribution in [0.25, 0.3) is 11.0 Å². The fourth-order valence-corrected chi connectivity index (χ4v) is 4.86. The van der Waals surface area contributed by atoms with Gasteiger partial charge < -0.3 is 5.32 Å². The van der Waals surface area contributed by atoms with Gasteiger partial charge in [-0.1, -0.05) is 49.9 Å². The summed E-state index contributed by atoms with van der Waals surface area (Å²) in [6.07, 6.45) is 6.38. The van der Waals surface area contributed by atoms with Gasteiger partial charge in [-0.15, -0.1) is 0 Å². The van der Waals surface area contributed by atoms with Gasteiger partial charge in [0, 0.05) is 6.04 Å². The van der Waals surface area contributed by atoms with Crippen molar-refractivity contribution in [1.29, 1.82) is 0 Å². The van der Waals surface area contributed by atoms with E-state index in [2.05, 4.69) is 5.32 Å². The zero-order valence-corrected chi connectivity index (χ0v) is 17.3. The van der Waals surface area contributed by atoms with Crippen LogP contribution in [0.15, 0.2) is 48.5 Å². The minimum Gasteiger partial charge on any atom is -0.324 e. The molecule has 1 aliphatic carbocycles. The third-order valence-electron chi connectivity index (χ3n) is 6.34. The molecule has 1 N–H and O–H groups in total. The summed E-state index contributed by atoms with van der Waals surface area (Å²) in [7, 11) is 0. The van der Waals surface area contributed by atoms with Gasteiger partial charge in [0.1, 0.15) is 11.9 Å². The molecule has 2 amide bonds. The number of rotatable bonds is 4. The third kappa shape index (κ3) is 3.58. The average molecular weight is 420 g/mol. The van der Waals surface area contributed by atoms with Gasteiger partial charge in [0.25, 0.3) is 5.91 Å². The van der Waals surface area contributed by atoms with Gasteiger partial charge in [-0.25, -0.2) is 9.37 Å². The highest BCUT2D eigenvalue weighted by atomic mass is 19.1. The Morgan fingerprint density at radius 2 is 1.74 bits per heavy atom. The standard InChI is InChI=1S/C24H25FN4O2/c25-17-11-5-6-12-18(17)26-22(30)15-21-23(31)28(16-9-3-1-2-4-10-16)24-27-19-13-7-8-14-20(19)29(21)24/h5-8,11-14,16,21H,1-4,9-10,15H2,(H,26,30)/t21-/m1/s1. The Labute approximate surface area is 180 Å². The first kappa shape index (κ1) is 19.7. The molecule has 0 spiro atoms. The summed E-state index contributed by atoms with van der Waals surface area (Å²) in [5.74, 6) is -0.358. The lowest BCUT2D eigenvalue weighted by Gasteiger charge is -2.25. The monoisotopic (exact) mass is 420 g/mol. The molecule has 31 heavy (non-hydrogen) atoms. The SMILES string of the molecule is O=C(C[C@@H]1C(=O)N(C2CCCCCC2)c2nc3ccccc3n21)Nc1ccccc1F. The highest BCUT2D eigenvalue weighted by molar-refractivity contribution is 6.05. The van der Waals surface area contributed by atoms with Gasteiger partial charge in [-0.2, -0.15) is 0 Å². The number of benzene rings is 2. The van der Waals surface area contributed by atoms with Crippen molar-refractivity contribution in [2.75, 3.05) is 10.2 Å². The highest BCUT2D eigenvalue weighted by Gasteiger charge is 2.43. The summed E-state index contributed by atoms with van der Waals surface area (Å²) in [5, 5.41) is 2.61. The van der Waals surface area contributed by atoms with Gasteiger partial charge in [0.2, 0.25) is 11.9 Å². The number of imidazole rings is 1. The van der Waals surface area contributed by atoms with Crippen LogP contribution in [0, 0.1) is 5.82 Å². The average Bonchev–Trinajstić information content (AvgIpc) is 3.10. The summed E-state index contributed by atoms with van der Waals surface area (Å²) in [5.41, 5.74) is 1.77. The maximum Gasteiger partial charge on any atom is 0.253 e. The number of aromatic nitrogens is 2. The second kappa shape index (κ2) is 8.13. The molecule has 3 aromatic rings. The van der Waals surface area contributed by atoms with Gasteiger partial charge in [0.15, 0.2) is 0 Å². The molecule has 160 valence electrons. The van der Waals surface area contributed by atoms with Crippen LogP contribution in [0.1, 0.15) is 51.0 Å². The molecule has 0 unspecified atom stereocenters. The topological polar surface area (TPSA) is 67.2 Å². The van der Waals surface area contributed by atoms with Crippen LogP contribution in [0.2, 0.25) is 0 Å². The predicted octanol–water partition coefficient (Wildman–Crippen LogP) is 4.81. The first-order valence-corrected chi connectivity index (χ1v) is 11.0. The number of nitrogens with one attached hydrogen (secondary N) is 1. The minimum absolute atomic E-state index is 0.0657. The van der Waals surface area contributed by atoms with Gasteiger partial charge in [0.05, 0.1) is 23.1 Å². The van der Waals surface area contributed by atoms with Gasteiger partial charge in [-0.3, -0.25) is 19.1 Å². The molecule has 1 aliphatic heterocycles. The molecule has 1 saturated carbocycles. The largest absolute Gasteiger partial charge is 0.324 e. The van der Waals surface area contributed by atoms with Crippen molar-refractivity contribution in [3.8, 4) is 0 Å².